The standard InChI is InChI=1S/C19H21N3O3/c1-2-14-10-21(11-16(20)25-14)22-17(23)9-13-8-7-12-5-3-4-6-15(12)18(13)19(22)24/h3-8,14,16H,2,9-11,20H2,1H3. The van der Waals surface area contributed by atoms with Gasteiger partial charge in [0.05, 0.1) is 24.6 Å². The maximum absolute atomic E-state index is 13.2. The van der Waals surface area contributed by atoms with E-state index in [2.05, 4.69) is 0 Å². The minimum absolute atomic E-state index is 0.0849. The number of nitrogens with zero attached hydrogens (tertiary/aromatic N) is 2. The van der Waals surface area contributed by atoms with Crippen molar-refractivity contribution >= 4 is 22.6 Å². The molecule has 2 aliphatic heterocycles. The summed E-state index contributed by atoms with van der Waals surface area (Å²) in [5, 5.41) is 4.90. The Bertz CT molecular complexity index is 851. The van der Waals surface area contributed by atoms with E-state index in [-0.39, 0.29) is 24.3 Å². The molecule has 2 N–H and O–H groups in total. The van der Waals surface area contributed by atoms with Gasteiger partial charge in [0.2, 0.25) is 5.91 Å². The monoisotopic (exact) mass is 339 g/mol. The summed E-state index contributed by atoms with van der Waals surface area (Å²) in [6, 6.07) is 11.6. The van der Waals surface area contributed by atoms with Crippen LogP contribution in [0, 0.1) is 0 Å². The lowest BCUT2D eigenvalue weighted by Crippen LogP contribution is -2.61. The number of morpholine rings is 1. The molecule has 2 aromatic carbocycles. The van der Waals surface area contributed by atoms with E-state index >= 15 is 0 Å². The fraction of sp³-hybridized carbons (Fsp3) is 0.368. The molecule has 0 bridgehead atoms. The van der Waals surface area contributed by atoms with Gasteiger partial charge in [-0.25, -0.2) is 10.0 Å². The van der Waals surface area contributed by atoms with Crippen molar-refractivity contribution in [1.29, 1.82) is 0 Å². The van der Waals surface area contributed by atoms with E-state index in [0.717, 1.165) is 22.8 Å². The zero-order valence-corrected chi connectivity index (χ0v) is 14.1. The molecule has 2 aromatic rings. The number of hydrogen-bond acceptors (Lipinski definition) is 5. The van der Waals surface area contributed by atoms with Gasteiger partial charge in [-0.2, -0.15) is 0 Å². The van der Waals surface area contributed by atoms with Gasteiger partial charge in [-0.05, 0) is 22.8 Å². The molecule has 0 radical (unpaired) electrons. The van der Waals surface area contributed by atoms with Gasteiger partial charge < -0.3 is 10.5 Å². The smallest absolute Gasteiger partial charge is 0.276 e. The predicted molar refractivity (Wildman–Crippen MR) is 93.5 cm³/mol. The predicted octanol–water partition coefficient (Wildman–Crippen LogP) is 1.68. The summed E-state index contributed by atoms with van der Waals surface area (Å²) in [4.78, 5) is 25.9. The molecule has 1 saturated heterocycles. The Hall–Kier alpha value is -2.28. The fourth-order valence-corrected chi connectivity index (χ4v) is 3.70. The SMILES string of the molecule is CCC1CN(N2C(=O)Cc3ccc4ccccc4c3C2=O)CC(N)O1. The molecule has 2 heterocycles. The highest BCUT2D eigenvalue weighted by Gasteiger charge is 2.39. The van der Waals surface area contributed by atoms with Crippen molar-refractivity contribution in [3.8, 4) is 0 Å². The topological polar surface area (TPSA) is 75.9 Å². The maximum atomic E-state index is 13.2. The Morgan fingerprint density at radius 3 is 2.76 bits per heavy atom. The number of benzene rings is 2. The van der Waals surface area contributed by atoms with Crippen molar-refractivity contribution in [2.75, 3.05) is 13.1 Å². The number of imide groups is 1. The van der Waals surface area contributed by atoms with Crippen LogP contribution in [0.3, 0.4) is 0 Å². The molecule has 2 atom stereocenters. The first-order valence-corrected chi connectivity index (χ1v) is 8.62. The van der Waals surface area contributed by atoms with E-state index in [0.29, 0.717) is 18.7 Å². The maximum Gasteiger partial charge on any atom is 0.276 e. The molecule has 2 amide bonds. The number of amides is 2. The molecule has 6 heteroatoms. The number of fused-ring (bicyclic) bond motifs is 3. The Kier molecular flexibility index (Phi) is 4.03. The third-order valence-electron chi connectivity index (χ3n) is 4.91. The number of ether oxygens (including phenoxy) is 1. The second-order valence-corrected chi connectivity index (χ2v) is 6.58. The van der Waals surface area contributed by atoms with Crippen LogP contribution in [-0.2, 0) is 16.0 Å². The van der Waals surface area contributed by atoms with E-state index in [4.69, 9.17) is 10.5 Å². The summed E-state index contributed by atoms with van der Waals surface area (Å²) in [6.45, 7) is 2.82. The Balaban J connectivity index is 1.76. The molecule has 25 heavy (non-hydrogen) atoms. The van der Waals surface area contributed by atoms with Gasteiger partial charge in [-0.3, -0.25) is 9.59 Å². The quantitative estimate of drug-likeness (QED) is 0.843. The lowest BCUT2D eigenvalue weighted by Gasteiger charge is -2.42. The third kappa shape index (κ3) is 2.72. The van der Waals surface area contributed by atoms with E-state index in [9.17, 15) is 9.59 Å². The van der Waals surface area contributed by atoms with Gasteiger partial charge in [0.25, 0.3) is 5.91 Å². The Morgan fingerprint density at radius 2 is 1.96 bits per heavy atom. The first-order valence-electron chi connectivity index (χ1n) is 8.62. The number of nitrogens with two attached hydrogens (primary N) is 1. The first-order chi connectivity index (χ1) is 12.1. The van der Waals surface area contributed by atoms with Gasteiger partial charge in [0, 0.05) is 6.54 Å². The lowest BCUT2D eigenvalue weighted by molar-refractivity contribution is -0.164. The summed E-state index contributed by atoms with van der Waals surface area (Å²) in [6.07, 6.45) is 0.404. The van der Waals surface area contributed by atoms with Crippen LogP contribution in [0.5, 0.6) is 0 Å². The normalized spacial score (nSPS) is 24.6. The van der Waals surface area contributed by atoms with Crippen LogP contribution in [0.2, 0.25) is 0 Å². The zero-order valence-electron chi connectivity index (χ0n) is 14.1. The van der Waals surface area contributed by atoms with E-state index in [1.807, 2.05) is 43.3 Å². The third-order valence-corrected chi connectivity index (χ3v) is 4.91. The van der Waals surface area contributed by atoms with Crippen molar-refractivity contribution in [3.05, 3.63) is 47.5 Å². The van der Waals surface area contributed by atoms with Crippen molar-refractivity contribution in [2.24, 2.45) is 5.73 Å². The van der Waals surface area contributed by atoms with Crippen LogP contribution in [-0.4, -0.2) is 47.3 Å². The largest absolute Gasteiger partial charge is 0.358 e. The van der Waals surface area contributed by atoms with E-state index in [1.54, 1.807) is 5.01 Å². The van der Waals surface area contributed by atoms with Crippen LogP contribution in [0.1, 0.15) is 29.3 Å². The summed E-state index contributed by atoms with van der Waals surface area (Å²) < 4.78 is 5.65. The van der Waals surface area contributed by atoms with Gasteiger partial charge in [-0.1, -0.05) is 43.3 Å². The fourth-order valence-electron chi connectivity index (χ4n) is 3.70. The number of rotatable bonds is 2. The summed E-state index contributed by atoms with van der Waals surface area (Å²) in [5.74, 6) is -0.483. The first kappa shape index (κ1) is 16.2. The average Bonchev–Trinajstić information content (AvgIpc) is 2.60. The number of hydrogen-bond donors (Lipinski definition) is 1. The minimum atomic E-state index is -0.506. The number of carbonyl (C=O) groups excluding carboxylic acids is 2. The van der Waals surface area contributed by atoms with Crippen molar-refractivity contribution in [1.82, 2.24) is 10.0 Å². The molecule has 130 valence electrons. The molecule has 2 unspecified atom stereocenters. The van der Waals surface area contributed by atoms with Crippen molar-refractivity contribution < 1.29 is 14.3 Å². The van der Waals surface area contributed by atoms with Crippen LogP contribution in [0.25, 0.3) is 10.8 Å². The van der Waals surface area contributed by atoms with Crippen LogP contribution >= 0.6 is 0 Å². The summed E-state index contributed by atoms with van der Waals surface area (Å²) >= 11 is 0. The number of hydrazine groups is 1. The van der Waals surface area contributed by atoms with Crippen LogP contribution in [0.4, 0.5) is 0 Å². The van der Waals surface area contributed by atoms with Crippen LogP contribution in [0.15, 0.2) is 36.4 Å². The molecule has 4 rings (SSSR count). The van der Waals surface area contributed by atoms with Gasteiger partial charge >= 0.3 is 0 Å². The van der Waals surface area contributed by atoms with E-state index in [1.165, 1.54) is 5.01 Å². The molecular formula is C19H21N3O3. The Morgan fingerprint density at radius 1 is 1.16 bits per heavy atom. The number of carbonyl (C=O) groups is 2. The Labute approximate surface area is 146 Å². The van der Waals surface area contributed by atoms with Crippen molar-refractivity contribution in [3.63, 3.8) is 0 Å². The molecule has 2 aliphatic rings. The molecule has 0 aromatic heterocycles. The molecule has 6 nitrogen and oxygen atoms in total. The second kappa shape index (κ2) is 6.22. The van der Waals surface area contributed by atoms with Gasteiger partial charge in [0.1, 0.15) is 6.23 Å². The minimum Gasteiger partial charge on any atom is -0.358 e. The van der Waals surface area contributed by atoms with Gasteiger partial charge in [-0.15, -0.1) is 0 Å². The van der Waals surface area contributed by atoms with Crippen LogP contribution < -0.4 is 5.73 Å². The average molecular weight is 339 g/mol. The zero-order chi connectivity index (χ0) is 17.6. The summed E-state index contributed by atoms with van der Waals surface area (Å²) in [7, 11) is 0. The van der Waals surface area contributed by atoms with Gasteiger partial charge in [0.15, 0.2) is 0 Å². The molecule has 0 saturated carbocycles. The highest BCUT2D eigenvalue weighted by atomic mass is 16.5. The van der Waals surface area contributed by atoms with Crippen molar-refractivity contribution in [2.45, 2.75) is 32.1 Å². The molecule has 1 fully saturated rings. The molecule has 0 spiro atoms. The van der Waals surface area contributed by atoms with E-state index < -0.39 is 6.23 Å². The highest BCUT2D eigenvalue weighted by molar-refractivity contribution is 6.16. The second-order valence-electron chi connectivity index (χ2n) is 6.58. The summed E-state index contributed by atoms with van der Waals surface area (Å²) in [5.41, 5.74) is 7.36. The highest BCUT2D eigenvalue weighted by Crippen LogP contribution is 2.29. The lowest BCUT2D eigenvalue weighted by atomic mass is 9.93. The molecular weight excluding hydrogens is 318 g/mol. The molecule has 0 aliphatic carbocycles.